The lowest BCUT2D eigenvalue weighted by Gasteiger charge is -2.13. The van der Waals surface area contributed by atoms with Gasteiger partial charge in [-0.25, -0.2) is 9.78 Å². The lowest BCUT2D eigenvalue weighted by Crippen LogP contribution is -2.19. The molecule has 3 aromatic carbocycles. The van der Waals surface area contributed by atoms with Crippen molar-refractivity contribution in [1.29, 1.82) is 0 Å². The van der Waals surface area contributed by atoms with Crippen molar-refractivity contribution in [3.05, 3.63) is 84.9 Å². The average Bonchev–Trinajstić information content (AvgIpc) is 2.75. The molecule has 1 aromatic heterocycles. The molecule has 5 nitrogen and oxygen atoms in total. The molecule has 0 radical (unpaired) electrons. The summed E-state index contributed by atoms with van der Waals surface area (Å²) in [6, 6.07) is 26.6. The Labute approximate surface area is 169 Å². The van der Waals surface area contributed by atoms with Crippen molar-refractivity contribution in [3.8, 4) is 17.0 Å². The van der Waals surface area contributed by atoms with E-state index >= 15 is 0 Å². The van der Waals surface area contributed by atoms with E-state index in [-0.39, 0.29) is 6.03 Å². The van der Waals surface area contributed by atoms with Gasteiger partial charge in [-0.15, -0.1) is 0 Å². The molecule has 4 aromatic rings. The first kappa shape index (κ1) is 18.5. The SMILES string of the molecule is CCOc1cc(-c2ccccc2)nc2ccc(NC(=O)Nc3ccccc3)cc12. The van der Waals surface area contributed by atoms with Gasteiger partial charge in [0.05, 0.1) is 17.8 Å². The van der Waals surface area contributed by atoms with Crippen LogP contribution in [0, 0.1) is 0 Å². The molecule has 0 fully saturated rings. The number of rotatable bonds is 5. The minimum atomic E-state index is -0.303. The number of nitrogens with zero attached hydrogens (tertiary/aromatic N) is 1. The highest BCUT2D eigenvalue weighted by atomic mass is 16.5. The van der Waals surface area contributed by atoms with Crippen molar-refractivity contribution in [2.24, 2.45) is 0 Å². The molecule has 29 heavy (non-hydrogen) atoms. The van der Waals surface area contributed by atoms with Crippen LogP contribution in [0.3, 0.4) is 0 Å². The van der Waals surface area contributed by atoms with Gasteiger partial charge >= 0.3 is 6.03 Å². The average molecular weight is 383 g/mol. The van der Waals surface area contributed by atoms with Crippen LogP contribution in [0.25, 0.3) is 22.2 Å². The van der Waals surface area contributed by atoms with Gasteiger partial charge in [0.25, 0.3) is 0 Å². The van der Waals surface area contributed by atoms with Gasteiger partial charge in [0.1, 0.15) is 5.75 Å². The molecule has 0 bridgehead atoms. The Morgan fingerprint density at radius 2 is 1.55 bits per heavy atom. The fraction of sp³-hybridized carbons (Fsp3) is 0.0833. The maximum Gasteiger partial charge on any atom is 0.323 e. The highest BCUT2D eigenvalue weighted by molar-refractivity contribution is 6.01. The van der Waals surface area contributed by atoms with Crippen LogP contribution in [-0.2, 0) is 0 Å². The Balaban J connectivity index is 1.64. The summed E-state index contributed by atoms with van der Waals surface area (Å²) in [5.74, 6) is 0.739. The van der Waals surface area contributed by atoms with Crippen LogP contribution in [0.4, 0.5) is 16.2 Å². The number of ether oxygens (including phenoxy) is 1. The van der Waals surface area contributed by atoms with Gasteiger partial charge in [0.15, 0.2) is 0 Å². The van der Waals surface area contributed by atoms with Gasteiger partial charge < -0.3 is 15.4 Å². The summed E-state index contributed by atoms with van der Waals surface area (Å²) in [5.41, 5.74) is 4.09. The second-order valence-electron chi connectivity index (χ2n) is 6.48. The Kier molecular flexibility index (Phi) is 5.38. The van der Waals surface area contributed by atoms with Crippen LogP contribution in [0.1, 0.15) is 6.92 Å². The standard InChI is InChI=1S/C24H21N3O2/c1-2-29-23-16-22(17-9-5-3-6-10-17)27-21-14-13-19(15-20(21)23)26-24(28)25-18-11-7-4-8-12-18/h3-16H,2H2,1H3,(H2,25,26,28). The fourth-order valence-electron chi connectivity index (χ4n) is 3.12. The normalized spacial score (nSPS) is 10.5. The lowest BCUT2D eigenvalue weighted by atomic mass is 10.1. The van der Waals surface area contributed by atoms with Crippen LogP contribution in [-0.4, -0.2) is 17.6 Å². The minimum Gasteiger partial charge on any atom is -0.493 e. The van der Waals surface area contributed by atoms with E-state index in [9.17, 15) is 4.79 Å². The Hall–Kier alpha value is -3.86. The molecular weight excluding hydrogens is 362 g/mol. The number of aromatic nitrogens is 1. The quantitative estimate of drug-likeness (QED) is 0.448. The molecule has 2 amide bonds. The zero-order valence-corrected chi connectivity index (χ0v) is 16.1. The number of benzene rings is 3. The monoisotopic (exact) mass is 383 g/mol. The number of urea groups is 1. The lowest BCUT2D eigenvalue weighted by molar-refractivity contribution is 0.262. The minimum absolute atomic E-state index is 0.303. The van der Waals surface area contributed by atoms with E-state index in [0.29, 0.717) is 12.3 Å². The molecule has 2 N–H and O–H groups in total. The maximum absolute atomic E-state index is 12.3. The van der Waals surface area contributed by atoms with Crippen molar-refractivity contribution in [2.45, 2.75) is 6.92 Å². The molecule has 0 saturated heterocycles. The second kappa shape index (κ2) is 8.44. The summed E-state index contributed by atoms with van der Waals surface area (Å²) in [6.45, 7) is 2.49. The van der Waals surface area contributed by atoms with E-state index in [1.807, 2.05) is 91.9 Å². The summed E-state index contributed by atoms with van der Waals surface area (Å²) in [4.78, 5) is 17.1. The summed E-state index contributed by atoms with van der Waals surface area (Å²) in [6.07, 6.45) is 0. The summed E-state index contributed by atoms with van der Waals surface area (Å²) in [7, 11) is 0. The number of hydrogen-bond acceptors (Lipinski definition) is 3. The zero-order chi connectivity index (χ0) is 20.1. The van der Waals surface area contributed by atoms with Crippen LogP contribution in [0.5, 0.6) is 5.75 Å². The molecule has 0 aliphatic carbocycles. The van der Waals surface area contributed by atoms with Crippen LogP contribution in [0.15, 0.2) is 84.9 Å². The van der Waals surface area contributed by atoms with Gasteiger partial charge in [-0.2, -0.15) is 0 Å². The molecule has 0 spiro atoms. The molecule has 0 saturated carbocycles. The van der Waals surface area contributed by atoms with E-state index < -0.39 is 0 Å². The topological polar surface area (TPSA) is 63.2 Å². The molecule has 0 atom stereocenters. The third kappa shape index (κ3) is 4.35. The first-order valence-electron chi connectivity index (χ1n) is 9.49. The van der Waals surface area contributed by atoms with E-state index in [2.05, 4.69) is 10.6 Å². The van der Waals surface area contributed by atoms with Gasteiger partial charge in [-0.05, 0) is 37.3 Å². The van der Waals surface area contributed by atoms with Gasteiger partial charge in [-0.1, -0.05) is 48.5 Å². The van der Waals surface area contributed by atoms with Gasteiger partial charge in [0.2, 0.25) is 0 Å². The number of anilines is 2. The predicted molar refractivity (Wildman–Crippen MR) is 117 cm³/mol. The van der Waals surface area contributed by atoms with Crippen LogP contribution >= 0.6 is 0 Å². The number of carbonyl (C=O) groups excluding carboxylic acids is 1. The van der Waals surface area contributed by atoms with Crippen molar-refractivity contribution < 1.29 is 9.53 Å². The van der Waals surface area contributed by atoms with E-state index in [4.69, 9.17) is 9.72 Å². The number of para-hydroxylation sites is 1. The number of hydrogen-bond donors (Lipinski definition) is 2. The highest BCUT2D eigenvalue weighted by Crippen LogP contribution is 2.32. The molecule has 144 valence electrons. The van der Waals surface area contributed by atoms with Gasteiger partial charge in [-0.3, -0.25) is 0 Å². The molecule has 5 heteroatoms. The summed E-state index contributed by atoms with van der Waals surface area (Å²) in [5, 5.41) is 6.53. The maximum atomic E-state index is 12.3. The summed E-state index contributed by atoms with van der Waals surface area (Å²) >= 11 is 0. The van der Waals surface area contributed by atoms with E-state index in [0.717, 1.165) is 33.6 Å². The smallest absolute Gasteiger partial charge is 0.323 e. The van der Waals surface area contributed by atoms with E-state index in [1.54, 1.807) is 0 Å². The molecule has 0 unspecified atom stereocenters. The van der Waals surface area contributed by atoms with Crippen molar-refractivity contribution in [1.82, 2.24) is 4.98 Å². The number of amides is 2. The molecule has 1 heterocycles. The third-order valence-electron chi connectivity index (χ3n) is 4.43. The third-order valence-corrected chi connectivity index (χ3v) is 4.43. The molecule has 0 aliphatic rings. The Morgan fingerprint density at radius 3 is 2.28 bits per heavy atom. The first-order chi connectivity index (χ1) is 14.2. The molecule has 0 aliphatic heterocycles. The van der Waals surface area contributed by atoms with Crippen LogP contribution in [0.2, 0.25) is 0 Å². The highest BCUT2D eigenvalue weighted by Gasteiger charge is 2.11. The molecule has 4 rings (SSSR count). The second-order valence-corrected chi connectivity index (χ2v) is 6.48. The number of nitrogens with one attached hydrogen (secondary N) is 2. The Bertz CT molecular complexity index is 1130. The fourth-order valence-corrected chi connectivity index (χ4v) is 3.12. The van der Waals surface area contributed by atoms with Crippen molar-refractivity contribution in [3.63, 3.8) is 0 Å². The zero-order valence-electron chi connectivity index (χ0n) is 16.1. The van der Waals surface area contributed by atoms with Crippen LogP contribution < -0.4 is 15.4 Å². The largest absolute Gasteiger partial charge is 0.493 e. The summed E-state index contributed by atoms with van der Waals surface area (Å²) < 4.78 is 5.87. The molecular formula is C24H21N3O2. The number of fused-ring (bicyclic) bond motifs is 1. The van der Waals surface area contributed by atoms with Gasteiger partial charge in [0, 0.05) is 28.4 Å². The first-order valence-corrected chi connectivity index (χ1v) is 9.49. The van der Waals surface area contributed by atoms with Crippen molar-refractivity contribution in [2.75, 3.05) is 17.2 Å². The Morgan fingerprint density at radius 1 is 0.862 bits per heavy atom. The predicted octanol–water partition coefficient (Wildman–Crippen LogP) is 5.94. The van der Waals surface area contributed by atoms with E-state index in [1.165, 1.54) is 0 Å². The van der Waals surface area contributed by atoms with Crippen molar-refractivity contribution >= 4 is 28.3 Å². The number of carbonyl (C=O) groups is 1. The number of pyridine rings is 1.